The van der Waals surface area contributed by atoms with Crippen molar-refractivity contribution in [2.24, 2.45) is 0 Å². The van der Waals surface area contributed by atoms with Crippen molar-refractivity contribution in [3.8, 4) is 0 Å². The smallest absolute Gasteiger partial charge is 0.319 e. The first-order chi connectivity index (χ1) is 10.6. The molecule has 2 aromatic carbocycles. The molecule has 0 spiro atoms. The quantitative estimate of drug-likeness (QED) is 0.779. The van der Waals surface area contributed by atoms with E-state index in [4.69, 9.17) is 23.2 Å². The van der Waals surface area contributed by atoms with Crippen molar-refractivity contribution in [2.45, 2.75) is 25.3 Å². The van der Waals surface area contributed by atoms with Gasteiger partial charge in [-0.25, -0.2) is 4.79 Å². The summed E-state index contributed by atoms with van der Waals surface area (Å²) in [7, 11) is 0. The van der Waals surface area contributed by atoms with Crippen LogP contribution in [0.4, 0.5) is 10.5 Å². The SMILES string of the molecule is O=C(Nc1ccc(Cl)c(Cl)c1)N[C@@H]1CCCc2ccccc21. The second-order valence-electron chi connectivity index (χ2n) is 5.37. The maximum Gasteiger partial charge on any atom is 0.319 e. The van der Waals surface area contributed by atoms with Gasteiger partial charge in [0, 0.05) is 5.69 Å². The zero-order valence-electron chi connectivity index (χ0n) is 11.9. The molecule has 0 aliphatic heterocycles. The molecule has 1 aliphatic carbocycles. The number of hydrogen-bond acceptors (Lipinski definition) is 1. The zero-order chi connectivity index (χ0) is 15.5. The Bertz CT molecular complexity index is 703. The molecule has 22 heavy (non-hydrogen) atoms. The lowest BCUT2D eigenvalue weighted by Gasteiger charge is -2.26. The van der Waals surface area contributed by atoms with Gasteiger partial charge in [-0.15, -0.1) is 0 Å². The van der Waals surface area contributed by atoms with E-state index in [-0.39, 0.29) is 12.1 Å². The average molecular weight is 335 g/mol. The Morgan fingerprint density at radius 1 is 1.09 bits per heavy atom. The first-order valence-corrected chi connectivity index (χ1v) is 7.99. The van der Waals surface area contributed by atoms with Gasteiger partial charge in [0.2, 0.25) is 0 Å². The molecule has 3 nitrogen and oxygen atoms in total. The van der Waals surface area contributed by atoms with Crippen LogP contribution in [-0.4, -0.2) is 6.03 Å². The molecule has 0 fully saturated rings. The summed E-state index contributed by atoms with van der Waals surface area (Å²) in [5.74, 6) is 0. The summed E-state index contributed by atoms with van der Waals surface area (Å²) in [4.78, 5) is 12.2. The van der Waals surface area contributed by atoms with Gasteiger partial charge in [-0.1, -0.05) is 47.5 Å². The number of carbonyl (C=O) groups is 1. The third kappa shape index (κ3) is 3.37. The Morgan fingerprint density at radius 2 is 1.91 bits per heavy atom. The van der Waals surface area contributed by atoms with E-state index in [9.17, 15) is 4.79 Å². The number of amides is 2. The number of anilines is 1. The van der Waals surface area contributed by atoms with Gasteiger partial charge in [-0.3, -0.25) is 0 Å². The highest BCUT2D eigenvalue weighted by atomic mass is 35.5. The molecule has 3 rings (SSSR count). The van der Waals surface area contributed by atoms with Crippen molar-refractivity contribution in [1.29, 1.82) is 0 Å². The normalized spacial score (nSPS) is 16.7. The Morgan fingerprint density at radius 3 is 2.73 bits per heavy atom. The molecule has 0 aromatic heterocycles. The Hall–Kier alpha value is -1.71. The van der Waals surface area contributed by atoms with E-state index >= 15 is 0 Å². The summed E-state index contributed by atoms with van der Waals surface area (Å²) in [6, 6.07) is 13.1. The Balaban J connectivity index is 1.69. The Labute approximate surface area is 139 Å². The number of rotatable bonds is 2. The van der Waals surface area contributed by atoms with Crippen LogP contribution in [0.15, 0.2) is 42.5 Å². The fourth-order valence-corrected chi connectivity index (χ4v) is 3.10. The first-order valence-electron chi connectivity index (χ1n) is 7.24. The summed E-state index contributed by atoms with van der Waals surface area (Å²) >= 11 is 11.8. The van der Waals surface area contributed by atoms with Crippen LogP contribution in [-0.2, 0) is 6.42 Å². The van der Waals surface area contributed by atoms with Gasteiger partial charge in [0.1, 0.15) is 0 Å². The second kappa shape index (κ2) is 6.59. The minimum absolute atomic E-state index is 0.0488. The molecule has 2 amide bonds. The largest absolute Gasteiger partial charge is 0.331 e. The summed E-state index contributed by atoms with van der Waals surface area (Å²) < 4.78 is 0. The topological polar surface area (TPSA) is 41.1 Å². The molecule has 0 radical (unpaired) electrons. The van der Waals surface area contributed by atoms with Crippen molar-refractivity contribution < 1.29 is 4.79 Å². The van der Waals surface area contributed by atoms with Crippen molar-refractivity contribution in [1.82, 2.24) is 5.32 Å². The number of halogens is 2. The van der Waals surface area contributed by atoms with E-state index in [0.29, 0.717) is 15.7 Å². The predicted octanol–water partition coefficient (Wildman–Crippen LogP) is 5.19. The number of urea groups is 1. The summed E-state index contributed by atoms with van der Waals surface area (Å²) in [5, 5.41) is 6.71. The maximum atomic E-state index is 12.2. The third-order valence-corrected chi connectivity index (χ3v) is 4.59. The van der Waals surface area contributed by atoms with E-state index in [0.717, 1.165) is 19.3 Å². The maximum absolute atomic E-state index is 12.2. The van der Waals surface area contributed by atoms with Crippen LogP contribution in [0.1, 0.15) is 30.0 Å². The van der Waals surface area contributed by atoms with Crippen molar-refractivity contribution in [3.05, 3.63) is 63.6 Å². The minimum atomic E-state index is -0.236. The molecular weight excluding hydrogens is 319 g/mol. The molecule has 1 aliphatic rings. The van der Waals surface area contributed by atoms with Gasteiger partial charge in [-0.05, 0) is 48.6 Å². The van der Waals surface area contributed by atoms with Crippen molar-refractivity contribution >= 4 is 34.9 Å². The molecule has 0 saturated heterocycles. The summed E-state index contributed by atoms with van der Waals surface area (Å²) in [6.07, 6.45) is 3.10. The fraction of sp³-hybridized carbons (Fsp3) is 0.235. The van der Waals surface area contributed by atoms with Gasteiger partial charge in [-0.2, -0.15) is 0 Å². The molecule has 114 valence electrons. The van der Waals surface area contributed by atoms with E-state index in [1.165, 1.54) is 11.1 Å². The van der Waals surface area contributed by atoms with Gasteiger partial charge in [0.05, 0.1) is 16.1 Å². The van der Waals surface area contributed by atoms with Crippen LogP contribution in [0.5, 0.6) is 0 Å². The van der Waals surface area contributed by atoms with Crippen molar-refractivity contribution in [3.63, 3.8) is 0 Å². The number of benzene rings is 2. The van der Waals surface area contributed by atoms with Gasteiger partial charge >= 0.3 is 6.03 Å². The molecule has 5 heteroatoms. The fourth-order valence-electron chi connectivity index (χ4n) is 2.80. The molecule has 0 heterocycles. The third-order valence-electron chi connectivity index (χ3n) is 3.85. The molecule has 2 aromatic rings. The van der Waals surface area contributed by atoms with Gasteiger partial charge < -0.3 is 10.6 Å². The zero-order valence-corrected chi connectivity index (χ0v) is 13.4. The van der Waals surface area contributed by atoms with Crippen LogP contribution < -0.4 is 10.6 Å². The molecule has 2 N–H and O–H groups in total. The van der Waals surface area contributed by atoms with Gasteiger partial charge in [0.15, 0.2) is 0 Å². The van der Waals surface area contributed by atoms with E-state index in [2.05, 4.69) is 22.8 Å². The highest BCUT2D eigenvalue weighted by Gasteiger charge is 2.21. The predicted molar refractivity (Wildman–Crippen MR) is 90.7 cm³/mol. The number of fused-ring (bicyclic) bond motifs is 1. The highest BCUT2D eigenvalue weighted by Crippen LogP contribution is 2.29. The van der Waals surface area contributed by atoms with E-state index < -0.39 is 0 Å². The highest BCUT2D eigenvalue weighted by molar-refractivity contribution is 6.42. The van der Waals surface area contributed by atoms with Crippen LogP contribution >= 0.6 is 23.2 Å². The van der Waals surface area contributed by atoms with Crippen molar-refractivity contribution in [2.75, 3.05) is 5.32 Å². The van der Waals surface area contributed by atoms with Crippen LogP contribution in [0.2, 0.25) is 10.0 Å². The van der Waals surface area contributed by atoms with Crippen LogP contribution in [0.25, 0.3) is 0 Å². The number of hydrogen-bond donors (Lipinski definition) is 2. The lowest BCUT2D eigenvalue weighted by atomic mass is 9.88. The average Bonchev–Trinajstić information content (AvgIpc) is 2.51. The van der Waals surface area contributed by atoms with Gasteiger partial charge in [0.25, 0.3) is 0 Å². The summed E-state index contributed by atoms with van der Waals surface area (Å²) in [6.45, 7) is 0. The number of carbonyl (C=O) groups excluding carboxylic acids is 1. The standard InChI is InChI=1S/C17H16Cl2N2O/c18-14-9-8-12(10-15(14)19)20-17(22)21-16-7-3-5-11-4-1-2-6-13(11)16/h1-2,4,6,8-10,16H,3,5,7H2,(H2,20,21,22)/t16-/m1/s1. The molecular formula is C17H16Cl2N2O. The lowest BCUT2D eigenvalue weighted by molar-refractivity contribution is 0.247. The summed E-state index contributed by atoms with van der Waals surface area (Å²) in [5.41, 5.74) is 3.14. The first kappa shape index (κ1) is 15.2. The minimum Gasteiger partial charge on any atom is -0.331 e. The lowest BCUT2D eigenvalue weighted by Crippen LogP contribution is -2.34. The molecule has 0 unspecified atom stereocenters. The van der Waals surface area contributed by atoms with E-state index in [1.807, 2.05) is 12.1 Å². The van der Waals surface area contributed by atoms with E-state index in [1.54, 1.807) is 18.2 Å². The van der Waals surface area contributed by atoms with Crippen LogP contribution in [0.3, 0.4) is 0 Å². The molecule has 0 bridgehead atoms. The Kier molecular flexibility index (Phi) is 4.55. The second-order valence-corrected chi connectivity index (χ2v) is 6.19. The number of aryl methyl sites for hydroxylation is 1. The monoisotopic (exact) mass is 334 g/mol. The molecule has 0 saturated carbocycles. The number of nitrogens with one attached hydrogen (secondary N) is 2. The molecule has 1 atom stereocenters. The van der Waals surface area contributed by atoms with Crippen LogP contribution in [0, 0.1) is 0 Å².